The molecule has 1 fully saturated rings. The Kier molecular flexibility index (Phi) is 7.02. The van der Waals surface area contributed by atoms with E-state index in [9.17, 15) is 14.0 Å². The van der Waals surface area contributed by atoms with Crippen molar-refractivity contribution in [3.8, 4) is 0 Å². The zero-order valence-electron chi connectivity index (χ0n) is 15.6. The van der Waals surface area contributed by atoms with Crippen LogP contribution in [0.1, 0.15) is 45.8 Å². The Bertz CT molecular complexity index is 806. The van der Waals surface area contributed by atoms with E-state index >= 15 is 0 Å². The van der Waals surface area contributed by atoms with Gasteiger partial charge < -0.3 is 16.0 Å². The lowest BCUT2D eigenvalue weighted by Gasteiger charge is -2.22. The highest BCUT2D eigenvalue weighted by Gasteiger charge is 2.20. The highest BCUT2D eigenvalue weighted by molar-refractivity contribution is 6.04. The number of rotatable bonds is 7. The first kappa shape index (κ1) is 19.9. The second-order valence-corrected chi connectivity index (χ2v) is 6.82. The van der Waals surface area contributed by atoms with Gasteiger partial charge in [0.2, 0.25) is 0 Å². The van der Waals surface area contributed by atoms with Gasteiger partial charge in [0.25, 0.3) is 11.8 Å². The van der Waals surface area contributed by atoms with Crippen molar-refractivity contribution in [2.45, 2.75) is 25.8 Å². The molecule has 2 amide bonds. The Hall–Kier alpha value is -2.87. The van der Waals surface area contributed by atoms with Gasteiger partial charge in [-0.2, -0.15) is 0 Å². The van der Waals surface area contributed by atoms with Gasteiger partial charge in [-0.1, -0.05) is 12.1 Å². The van der Waals surface area contributed by atoms with E-state index in [1.165, 1.54) is 24.5 Å². The van der Waals surface area contributed by atoms with E-state index < -0.39 is 11.8 Å². The van der Waals surface area contributed by atoms with Crippen LogP contribution in [-0.2, 0) is 6.54 Å². The van der Waals surface area contributed by atoms with E-state index in [4.69, 9.17) is 0 Å². The standard InChI is InChI=1S/C20H24FN5O2/c21-16-5-3-15(4-6-16)13-26-20(28)18-17(23-10-11-24-18)19(27)25-9-7-14-2-1-8-22-12-14/h3-6,10-11,14,22H,1-2,7-9,12-13H2,(H,25,27)(H,26,28). The maximum Gasteiger partial charge on any atom is 0.272 e. The number of hydrogen-bond donors (Lipinski definition) is 3. The van der Waals surface area contributed by atoms with Crippen LogP contribution in [0, 0.1) is 11.7 Å². The van der Waals surface area contributed by atoms with E-state index in [0.717, 1.165) is 37.9 Å². The maximum atomic E-state index is 13.0. The van der Waals surface area contributed by atoms with E-state index in [1.54, 1.807) is 12.1 Å². The Morgan fingerprint density at radius 2 is 1.75 bits per heavy atom. The third-order valence-electron chi connectivity index (χ3n) is 4.73. The normalized spacial score (nSPS) is 16.4. The van der Waals surface area contributed by atoms with Crippen LogP contribution in [0.2, 0.25) is 0 Å². The summed E-state index contributed by atoms with van der Waals surface area (Å²) in [5, 5.41) is 8.87. The number of halogens is 1. The molecule has 1 aliphatic heterocycles. The van der Waals surface area contributed by atoms with Crippen molar-refractivity contribution in [1.29, 1.82) is 0 Å². The molecule has 1 aromatic carbocycles. The largest absolute Gasteiger partial charge is 0.351 e. The number of aromatic nitrogens is 2. The van der Waals surface area contributed by atoms with Gasteiger partial charge in [-0.3, -0.25) is 9.59 Å². The summed E-state index contributed by atoms with van der Waals surface area (Å²) in [7, 11) is 0. The Balaban J connectivity index is 1.55. The van der Waals surface area contributed by atoms with Gasteiger partial charge >= 0.3 is 0 Å². The first-order chi connectivity index (χ1) is 13.6. The molecule has 1 aromatic heterocycles. The molecule has 0 aliphatic carbocycles. The Morgan fingerprint density at radius 1 is 1.07 bits per heavy atom. The minimum atomic E-state index is -0.501. The van der Waals surface area contributed by atoms with Crippen LogP contribution in [0.15, 0.2) is 36.7 Å². The molecule has 28 heavy (non-hydrogen) atoms. The van der Waals surface area contributed by atoms with Crippen molar-refractivity contribution in [3.63, 3.8) is 0 Å². The van der Waals surface area contributed by atoms with Crippen molar-refractivity contribution in [2.75, 3.05) is 19.6 Å². The minimum Gasteiger partial charge on any atom is -0.351 e. The summed E-state index contributed by atoms with van der Waals surface area (Å²) in [6, 6.07) is 5.81. The topological polar surface area (TPSA) is 96.0 Å². The number of piperidine rings is 1. The summed E-state index contributed by atoms with van der Waals surface area (Å²) in [6.07, 6.45) is 5.95. The fourth-order valence-corrected chi connectivity index (χ4v) is 3.18. The number of carbonyl (C=O) groups is 2. The molecule has 0 bridgehead atoms. The lowest BCUT2D eigenvalue weighted by Crippen LogP contribution is -2.34. The zero-order valence-corrected chi connectivity index (χ0v) is 15.6. The second kappa shape index (κ2) is 9.89. The zero-order chi connectivity index (χ0) is 19.8. The Morgan fingerprint density at radius 3 is 2.39 bits per heavy atom. The van der Waals surface area contributed by atoms with E-state index in [-0.39, 0.29) is 23.7 Å². The van der Waals surface area contributed by atoms with E-state index in [2.05, 4.69) is 25.9 Å². The third kappa shape index (κ3) is 5.56. The molecule has 3 N–H and O–H groups in total. The van der Waals surface area contributed by atoms with Crippen molar-refractivity contribution in [1.82, 2.24) is 25.9 Å². The van der Waals surface area contributed by atoms with Gasteiger partial charge in [0.1, 0.15) is 5.82 Å². The minimum absolute atomic E-state index is 0.000810. The van der Waals surface area contributed by atoms with Crippen LogP contribution in [0.3, 0.4) is 0 Å². The number of hydrogen-bond acceptors (Lipinski definition) is 5. The molecule has 0 radical (unpaired) electrons. The average molecular weight is 385 g/mol. The van der Waals surface area contributed by atoms with Gasteiger partial charge in [0.15, 0.2) is 11.4 Å². The highest BCUT2D eigenvalue weighted by Crippen LogP contribution is 2.13. The van der Waals surface area contributed by atoms with E-state index in [0.29, 0.717) is 12.5 Å². The molecular weight excluding hydrogens is 361 g/mol. The van der Waals surface area contributed by atoms with Crippen LogP contribution < -0.4 is 16.0 Å². The number of benzene rings is 1. The van der Waals surface area contributed by atoms with Crippen LogP contribution in [-0.4, -0.2) is 41.4 Å². The summed E-state index contributed by atoms with van der Waals surface area (Å²) in [5.74, 6) is -0.704. The quantitative estimate of drug-likeness (QED) is 0.674. The molecule has 2 heterocycles. The molecule has 0 saturated carbocycles. The van der Waals surface area contributed by atoms with Crippen LogP contribution in [0.4, 0.5) is 4.39 Å². The molecule has 3 rings (SSSR count). The molecule has 1 unspecified atom stereocenters. The summed E-state index contributed by atoms with van der Waals surface area (Å²) < 4.78 is 13.0. The first-order valence-electron chi connectivity index (χ1n) is 9.46. The lowest BCUT2D eigenvalue weighted by atomic mass is 9.96. The second-order valence-electron chi connectivity index (χ2n) is 6.82. The molecule has 1 aliphatic rings. The van der Waals surface area contributed by atoms with Crippen LogP contribution >= 0.6 is 0 Å². The van der Waals surface area contributed by atoms with Gasteiger partial charge in [-0.25, -0.2) is 14.4 Å². The Labute approximate surface area is 163 Å². The third-order valence-corrected chi connectivity index (χ3v) is 4.73. The van der Waals surface area contributed by atoms with E-state index in [1.807, 2.05) is 0 Å². The van der Waals surface area contributed by atoms with Gasteiger partial charge in [0, 0.05) is 25.5 Å². The van der Waals surface area contributed by atoms with Gasteiger partial charge in [-0.05, 0) is 56.0 Å². The number of nitrogens with zero attached hydrogens (tertiary/aromatic N) is 2. The fourth-order valence-electron chi connectivity index (χ4n) is 3.18. The summed E-state index contributed by atoms with van der Waals surface area (Å²) >= 11 is 0. The van der Waals surface area contributed by atoms with Crippen molar-refractivity contribution >= 4 is 11.8 Å². The average Bonchev–Trinajstić information content (AvgIpc) is 2.74. The molecule has 148 valence electrons. The first-order valence-corrected chi connectivity index (χ1v) is 9.46. The van der Waals surface area contributed by atoms with Crippen molar-refractivity contribution in [2.24, 2.45) is 5.92 Å². The predicted molar refractivity (Wildman–Crippen MR) is 102 cm³/mol. The van der Waals surface area contributed by atoms with Crippen molar-refractivity contribution in [3.05, 3.63) is 59.4 Å². The van der Waals surface area contributed by atoms with Gasteiger partial charge in [0.05, 0.1) is 0 Å². The van der Waals surface area contributed by atoms with Gasteiger partial charge in [-0.15, -0.1) is 0 Å². The summed E-state index contributed by atoms with van der Waals surface area (Å²) in [5.41, 5.74) is 0.716. The number of carbonyl (C=O) groups excluding carboxylic acids is 2. The summed E-state index contributed by atoms with van der Waals surface area (Å²) in [6.45, 7) is 2.75. The lowest BCUT2D eigenvalue weighted by molar-refractivity contribution is 0.0908. The molecule has 1 atom stereocenters. The molecule has 7 nitrogen and oxygen atoms in total. The molecule has 0 spiro atoms. The highest BCUT2D eigenvalue weighted by atomic mass is 19.1. The predicted octanol–water partition coefficient (Wildman–Crippen LogP) is 1.67. The van der Waals surface area contributed by atoms with Crippen molar-refractivity contribution < 1.29 is 14.0 Å². The monoisotopic (exact) mass is 385 g/mol. The fraction of sp³-hybridized carbons (Fsp3) is 0.400. The molecule has 1 saturated heterocycles. The maximum absolute atomic E-state index is 13.0. The SMILES string of the molecule is O=C(NCCC1CCCNC1)c1nccnc1C(=O)NCc1ccc(F)cc1. The molecular formula is C20H24FN5O2. The summed E-state index contributed by atoms with van der Waals surface area (Å²) in [4.78, 5) is 33.0. The molecule has 8 heteroatoms. The number of nitrogens with one attached hydrogen (secondary N) is 3. The number of amides is 2. The molecule has 2 aromatic rings. The van der Waals surface area contributed by atoms with Crippen LogP contribution in [0.25, 0.3) is 0 Å². The van der Waals surface area contributed by atoms with Crippen LogP contribution in [0.5, 0.6) is 0 Å². The smallest absolute Gasteiger partial charge is 0.272 e.